The molecule has 0 saturated heterocycles. The molecule has 0 unspecified atom stereocenters. The van der Waals surface area contributed by atoms with E-state index < -0.39 is 0 Å². The summed E-state index contributed by atoms with van der Waals surface area (Å²) in [5, 5.41) is 1.40. The van der Waals surface area contributed by atoms with Gasteiger partial charge in [0, 0.05) is 17.2 Å². The molecule has 2 heterocycles. The number of hydrogen-bond acceptors (Lipinski definition) is 4. The van der Waals surface area contributed by atoms with Crippen molar-refractivity contribution in [3.8, 4) is 0 Å². The molecule has 0 saturated carbocycles. The van der Waals surface area contributed by atoms with Gasteiger partial charge in [-0.3, -0.25) is 9.36 Å². The van der Waals surface area contributed by atoms with Crippen LogP contribution in [0.2, 0.25) is 0 Å². The Bertz CT molecular complexity index is 1020. The summed E-state index contributed by atoms with van der Waals surface area (Å²) >= 11 is 3.02. The fourth-order valence-corrected chi connectivity index (χ4v) is 5.51. The Labute approximate surface area is 153 Å². The number of halogens is 1. The molecule has 0 spiro atoms. The predicted molar refractivity (Wildman–Crippen MR) is 102 cm³/mol. The SMILES string of the molecule is C=CCn1c(SCc2ccccc2F)nc2sc3c(c2c1=O)CCC3. The fourth-order valence-electron chi connectivity index (χ4n) is 3.22. The molecule has 0 aliphatic heterocycles. The van der Waals surface area contributed by atoms with E-state index in [4.69, 9.17) is 4.98 Å². The minimum atomic E-state index is -0.233. The first-order chi connectivity index (χ1) is 12.2. The molecule has 3 aromatic rings. The van der Waals surface area contributed by atoms with E-state index in [1.165, 1.54) is 28.3 Å². The highest BCUT2D eigenvalue weighted by molar-refractivity contribution is 7.98. The number of nitrogens with zero attached hydrogens (tertiary/aromatic N) is 2. The average Bonchev–Trinajstić information content (AvgIpc) is 3.17. The zero-order chi connectivity index (χ0) is 17.4. The number of allylic oxidation sites excluding steroid dienone is 1. The van der Waals surface area contributed by atoms with Crippen LogP contribution in [-0.2, 0) is 25.1 Å². The highest BCUT2D eigenvalue weighted by Gasteiger charge is 2.23. The van der Waals surface area contributed by atoms with Crippen molar-refractivity contribution >= 4 is 33.3 Å². The monoisotopic (exact) mass is 372 g/mol. The highest BCUT2D eigenvalue weighted by Crippen LogP contribution is 2.36. The summed E-state index contributed by atoms with van der Waals surface area (Å²) in [6.07, 6.45) is 4.81. The molecule has 0 bridgehead atoms. The van der Waals surface area contributed by atoms with Crippen molar-refractivity contribution in [3.05, 3.63) is 69.1 Å². The standard InChI is InChI=1S/C19H17FN2OS2/c1-2-10-22-18(23)16-13-7-5-9-15(13)25-17(16)21-19(22)24-11-12-6-3-4-8-14(12)20/h2-4,6,8H,1,5,7,9-11H2. The minimum Gasteiger partial charge on any atom is -0.283 e. The predicted octanol–water partition coefficient (Wildman–Crippen LogP) is 4.56. The van der Waals surface area contributed by atoms with E-state index in [1.54, 1.807) is 34.1 Å². The van der Waals surface area contributed by atoms with E-state index in [1.807, 2.05) is 6.07 Å². The molecule has 0 fully saturated rings. The normalized spacial score (nSPS) is 13.3. The number of thioether (sulfide) groups is 1. The molecule has 3 nitrogen and oxygen atoms in total. The molecule has 4 rings (SSSR count). The lowest BCUT2D eigenvalue weighted by Gasteiger charge is -2.11. The Balaban J connectivity index is 1.77. The number of fused-ring (bicyclic) bond motifs is 3. The van der Waals surface area contributed by atoms with Crippen LogP contribution in [0.4, 0.5) is 4.39 Å². The van der Waals surface area contributed by atoms with Crippen molar-refractivity contribution in [2.75, 3.05) is 0 Å². The highest BCUT2D eigenvalue weighted by atomic mass is 32.2. The molecule has 0 atom stereocenters. The lowest BCUT2D eigenvalue weighted by Crippen LogP contribution is -2.22. The van der Waals surface area contributed by atoms with Gasteiger partial charge in [-0.2, -0.15) is 0 Å². The Morgan fingerprint density at radius 1 is 1.36 bits per heavy atom. The van der Waals surface area contributed by atoms with Gasteiger partial charge in [0.1, 0.15) is 10.6 Å². The summed E-state index contributed by atoms with van der Waals surface area (Å²) < 4.78 is 15.5. The number of benzene rings is 1. The van der Waals surface area contributed by atoms with Crippen LogP contribution < -0.4 is 5.56 Å². The fraction of sp³-hybridized carbons (Fsp3) is 0.263. The summed E-state index contributed by atoms with van der Waals surface area (Å²) in [4.78, 5) is 19.9. The second-order valence-electron chi connectivity index (χ2n) is 6.02. The van der Waals surface area contributed by atoms with Gasteiger partial charge in [0.2, 0.25) is 0 Å². The van der Waals surface area contributed by atoms with Crippen LogP contribution in [0.15, 0.2) is 46.9 Å². The maximum atomic E-state index is 13.9. The number of rotatable bonds is 5. The Kier molecular flexibility index (Phi) is 4.48. The van der Waals surface area contributed by atoms with Gasteiger partial charge in [0.05, 0.1) is 5.39 Å². The average molecular weight is 372 g/mol. The van der Waals surface area contributed by atoms with E-state index in [0.29, 0.717) is 23.0 Å². The number of hydrogen-bond donors (Lipinski definition) is 0. The number of thiophene rings is 1. The summed E-state index contributed by atoms with van der Waals surface area (Å²) in [7, 11) is 0. The Morgan fingerprint density at radius 3 is 3.00 bits per heavy atom. The zero-order valence-electron chi connectivity index (χ0n) is 13.6. The molecule has 1 aromatic carbocycles. The topological polar surface area (TPSA) is 34.9 Å². The molecule has 6 heteroatoms. The maximum absolute atomic E-state index is 13.9. The van der Waals surface area contributed by atoms with E-state index in [9.17, 15) is 9.18 Å². The number of aromatic nitrogens is 2. The van der Waals surface area contributed by atoms with Gasteiger partial charge in [0.15, 0.2) is 5.16 Å². The van der Waals surface area contributed by atoms with Crippen LogP contribution >= 0.6 is 23.1 Å². The van der Waals surface area contributed by atoms with Crippen LogP contribution in [0.1, 0.15) is 22.4 Å². The third-order valence-corrected chi connectivity index (χ3v) is 6.63. The van der Waals surface area contributed by atoms with Crippen molar-refractivity contribution in [2.24, 2.45) is 0 Å². The van der Waals surface area contributed by atoms with Gasteiger partial charge in [-0.05, 0) is 36.5 Å². The summed E-state index contributed by atoms with van der Waals surface area (Å²) in [5.41, 5.74) is 1.79. The van der Waals surface area contributed by atoms with Crippen LogP contribution in [0.25, 0.3) is 10.2 Å². The third-order valence-electron chi connectivity index (χ3n) is 4.42. The van der Waals surface area contributed by atoms with Crippen molar-refractivity contribution < 1.29 is 4.39 Å². The molecule has 2 aromatic heterocycles. The third kappa shape index (κ3) is 2.93. The van der Waals surface area contributed by atoms with Gasteiger partial charge in [0.25, 0.3) is 5.56 Å². The molecular weight excluding hydrogens is 355 g/mol. The summed E-state index contributed by atoms with van der Waals surface area (Å²) in [5.74, 6) is 0.205. The van der Waals surface area contributed by atoms with Gasteiger partial charge in [-0.1, -0.05) is 36.0 Å². The van der Waals surface area contributed by atoms with E-state index in [2.05, 4.69) is 6.58 Å². The molecule has 0 amide bonds. The summed E-state index contributed by atoms with van der Waals surface area (Å²) in [6.45, 7) is 4.17. The second-order valence-corrected chi connectivity index (χ2v) is 8.04. The van der Waals surface area contributed by atoms with Gasteiger partial charge in [-0.25, -0.2) is 9.37 Å². The smallest absolute Gasteiger partial charge is 0.263 e. The first-order valence-electron chi connectivity index (χ1n) is 8.21. The first kappa shape index (κ1) is 16.5. The molecule has 128 valence electrons. The maximum Gasteiger partial charge on any atom is 0.263 e. The summed E-state index contributed by atoms with van der Waals surface area (Å²) in [6, 6.07) is 6.70. The van der Waals surface area contributed by atoms with Crippen molar-refractivity contribution in [1.29, 1.82) is 0 Å². The van der Waals surface area contributed by atoms with Crippen molar-refractivity contribution in [3.63, 3.8) is 0 Å². The van der Waals surface area contributed by atoms with E-state index >= 15 is 0 Å². The van der Waals surface area contributed by atoms with Gasteiger partial charge >= 0.3 is 0 Å². The van der Waals surface area contributed by atoms with Crippen LogP contribution in [0.3, 0.4) is 0 Å². The number of aryl methyl sites for hydroxylation is 2. The Hall–Kier alpha value is -1.92. The van der Waals surface area contributed by atoms with Gasteiger partial charge < -0.3 is 0 Å². The molecule has 1 aliphatic rings. The largest absolute Gasteiger partial charge is 0.283 e. The Morgan fingerprint density at radius 2 is 2.20 bits per heavy atom. The molecule has 0 N–H and O–H groups in total. The molecule has 25 heavy (non-hydrogen) atoms. The van der Waals surface area contributed by atoms with Crippen LogP contribution in [0.5, 0.6) is 0 Å². The molecule has 0 radical (unpaired) electrons. The van der Waals surface area contributed by atoms with Crippen LogP contribution in [0, 0.1) is 5.82 Å². The van der Waals surface area contributed by atoms with E-state index in [-0.39, 0.29) is 11.4 Å². The van der Waals surface area contributed by atoms with Crippen molar-refractivity contribution in [2.45, 2.75) is 36.7 Å². The first-order valence-corrected chi connectivity index (χ1v) is 10.0. The lowest BCUT2D eigenvalue weighted by atomic mass is 10.2. The minimum absolute atomic E-state index is 0.000309. The van der Waals surface area contributed by atoms with Crippen molar-refractivity contribution in [1.82, 2.24) is 9.55 Å². The zero-order valence-corrected chi connectivity index (χ0v) is 15.3. The lowest BCUT2D eigenvalue weighted by molar-refractivity contribution is 0.617. The molecule has 1 aliphatic carbocycles. The van der Waals surface area contributed by atoms with Crippen LogP contribution in [-0.4, -0.2) is 9.55 Å². The second kappa shape index (κ2) is 6.77. The van der Waals surface area contributed by atoms with Gasteiger partial charge in [-0.15, -0.1) is 17.9 Å². The molecular formula is C19H17FN2OS2. The van der Waals surface area contributed by atoms with E-state index in [0.717, 1.165) is 29.5 Å². The quantitative estimate of drug-likeness (QED) is 0.374.